The van der Waals surface area contributed by atoms with Crippen LogP contribution in [0.4, 0.5) is 0 Å². The Balaban J connectivity index is -0.000000169. The summed E-state index contributed by atoms with van der Waals surface area (Å²) in [6, 6.07) is 0. The zero-order valence-electron chi connectivity index (χ0n) is 13.1. The molecule has 0 aliphatic rings. The number of carbonyl (C=O) groups is 5. The molecule has 6 N–H and O–H groups in total. The van der Waals surface area contributed by atoms with E-state index in [1.807, 2.05) is 0 Å². The van der Waals surface area contributed by atoms with Crippen LogP contribution >= 0.6 is 0 Å². The molecule has 0 aliphatic carbocycles. The number of carboxylic acids is 5. The molecule has 27 heavy (non-hydrogen) atoms. The summed E-state index contributed by atoms with van der Waals surface area (Å²) in [5.74, 6) is -11.6. The molecule has 0 rings (SSSR count). The molecule has 0 fully saturated rings. The molecular weight excluding hydrogens is 427 g/mol. The Morgan fingerprint density at radius 1 is 0.926 bits per heavy atom. The fraction of sp³-hybridized carbons (Fsp3) is 0.417. The number of hydrogen-bond acceptors (Lipinski definition) is 10. The van der Waals surface area contributed by atoms with Gasteiger partial charge in [0.1, 0.15) is 11.7 Å². The van der Waals surface area contributed by atoms with Crippen LogP contribution in [0.25, 0.3) is 0 Å². The van der Waals surface area contributed by atoms with Crippen molar-refractivity contribution in [3.05, 3.63) is 6.58 Å². The van der Waals surface area contributed by atoms with Gasteiger partial charge in [-0.15, -0.1) is 0 Å². The average Bonchev–Trinajstić information content (AvgIpc) is 2.43. The van der Waals surface area contributed by atoms with Crippen molar-refractivity contribution in [1.82, 2.24) is 0 Å². The van der Waals surface area contributed by atoms with Crippen LogP contribution in [0.3, 0.4) is 0 Å². The summed E-state index contributed by atoms with van der Waals surface area (Å²) in [6.07, 6.45) is -2.61. The maximum Gasteiger partial charge on any atom is 0.323 e. The number of carboxylic acid groups (broad SMARTS) is 5. The first kappa shape index (κ1) is 31.9. The smallest absolute Gasteiger partial charge is 0.323 e. The molecule has 157 valence electrons. The first-order valence-electron chi connectivity index (χ1n) is 5.94. The fourth-order valence-electron chi connectivity index (χ4n) is 0.961. The average molecular weight is 441 g/mol. The summed E-state index contributed by atoms with van der Waals surface area (Å²) in [5, 5.41) is 69.5. The molecule has 14 nitrogen and oxygen atoms in total. The molecule has 0 spiro atoms. The number of aliphatic hydroxyl groups is 2. The van der Waals surface area contributed by atoms with Crippen LogP contribution in [0.5, 0.6) is 0 Å². The predicted octanol–water partition coefficient (Wildman–Crippen LogP) is -5.13. The number of aliphatic hydroxyl groups excluding tert-OH is 1. The summed E-state index contributed by atoms with van der Waals surface area (Å²) in [7, 11) is 0. The van der Waals surface area contributed by atoms with Gasteiger partial charge in [0.05, 0.1) is 13.0 Å². The van der Waals surface area contributed by atoms with Gasteiger partial charge in [0, 0.05) is 29.2 Å². The van der Waals surface area contributed by atoms with Gasteiger partial charge in [0.25, 0.3) is 0 Å². The first-order chi connectivity index (χ1) is 11.6. The topological polar surface area (TPSA) is 270 Å². The minimum absolute atomic E-state index is 0. The van der Waals surface area contributed by atoms with Crippen LogP contribution in [0, 0.1) is 5.41 Å². The van der Waals surface area contributed by atoms with Crippen molar-refractivity contribution in [2.24, 2.45) is 5.41 Å². The van der Waals surface area contributed by atoms with E-state index in [1.165, 1.54) is 5.94 Å². The van der Waals surface area contributed by atoms with Crippen LogP contribution in [0.2, 0.25) is 0 Å². The minimum Gasteiger partial charge on any atom is -0.820 e. The van der Waals surface area contributed by atoms with Gasteiger partial charge in [-0.05, 0) is 6.58 Å². The van der Waals surface area contributed by atoms with E-state index < -0.39 is 60.5 Å². The third-order valence-electron chi connectivity index (χ3n) is 2.26. The van der Waals surface area contributed by atoms with Crippen LogP contribution in [-0.4, -0.2) is 78.8 Å². The van der Waals surface area contributed by atoms with Crippen LogP contribution in [-0.2, 0) is 45.5 Å². The second-order valence-corrected chi connectivity index (χ2v) is 4.20. The Labute approximate surface area is 160 Å². The van der Waals surface area contributed by atoms with Gasteiger partial charge in [-0.1, -0.05) is 0 Å². The van der Waals surface area contributed by atoms with Crippen LogP contribution < -0.4 is 10.2 Å². The van der Waals surface area contributed by atoms with E-state index in [0.29, 0.717) is 0 Å². The standard InChI is InChI=1S/C6H8O7.C4H5O6.C2H2O.Co/c7-2-6(4(10)11,5(12)13)1-3(8)9;5-2(6)1-4(9,10)3(7)8;1-2-3;/h7H,1-2H2,(H,8,9)(H,10,11)(H,12,13);9H,1H2,(H,5,6)(H,7,8);1H2;/q;-1;;/p-1. The predicted molar refractivity (Wildman–Crippen MR) is 70.6 cm³/mol. The zero-order valence-corrected chi connectivity index (χ0v) is 14.2. The molecule has 15 heteroatoms. The Hall–Kier alpha value is -2.81. The molecular formula is C12H14CoO14-2. The Bertz CT molecular complexity index is 561. The van der Waals surface area contributed by atoms with Crippen LogP contribution in [0.15, 0.2) is 6.58 Å². The molecule has 1 unspecified atom stereocenters. The van der Waals surface area contributed by atoms with Gasteiger partial charge < -0.3 is 45.6 Å². The number of rotatable bonds is 8. The van der Waals surface area contributed by atoms with E-state index in [4.69, 9.17) is 35.4 Å². The molecule has 0 aromatic heterocycles. The van der Waals surface area contributed by atoms with E-state index in [-0.39, 0.29) is 16.8 Å². The van der Waals surface area contributed by atoms with Gasteiger partial charge in [0.15, 0.2) is 5.41 Å². The third-order valence-corrected chi connectivity index (χ3v) is 2.26. The monoisotopic (exact) mass is 441 g/mol. The van der Waals surface area contributed by atoms with Crippen molar-refractivity contribution < 1.29 is 86.4 Å². The second-order valence-electron chi connectivity index (χ2n) is 4.20. The van der Waals surface area contributed by atoms with Crippen molar-refractivity contribution in [2.45, 2.75) is 18.6 Å². The SMILES string of the molecule is C=C=O.O=C(O)CC([O-])(O)C(=O)O.O=C([O-])CC(CO)(C(=O)O)C(=O)O.[Co]. The van der Waals surface area contributed by atoms with Gasteiger partial charge in [-0.25, -0.2) is 4.79 Å². The summed E-state index contributed by atoms with van der Waals surface area (Å²) < 4.78 is 0. The van der Waals surface area contributed by atoms with E-state index in [9.17, 15) is 34.2 Å². The van der Waals surface area contributed by atoms with Crippen molar-refractivity contribution in [3.63, 3.8) is 0 Å². The third kappa shape index (κ3) is 13.1. The van der Waals surface area contributed by atoms with Crippen molar-refractivity contribution >= 4 is 35.8 Å². The molecule has 0 aromatic carbocycles. The molecule has 0 saturated heterocycles. The van der Waals surface area contributed by atoms with E-state index in [0.717, 1.165) is 0 Å². The van der Waals surface area contributed by atoms with Gasteiger partial charge in [-0.2, -0.15) is 0 Å². The van der Waals surface area contributed by atoms with Crippen LogP contribution in [0.1, 0.15) is 12.8 Å². The van der Waals surface area contributed by atoms with E-state index in [2.05, 4.69) is 6.58 Å². The molecule has 0 aliphatic heterocycles. The molecule has 0 bridgehead atoms. The molecule has 0 heterocycles. The van der Waals surface area contributed by atoms with Gasteiger partial charge >= 0.3 is 23.9 Å². The molecule has 0 amide bonds. The number of aliphatic carboxylic acids is 5. The fourth-order valence-corrected chi connectivity index (χ4v) is 0.961. The largest absolute Gasteiger partial charge is 0.820 e. The molecule has 1 radical (unpaired) electrons. The number of hydrogen-bond donors (Lipinski definition) is 6. The van der Waals surface area contributed by atoms with E-state index in [1.54, 1.807) is 0 Å². The molecule has 0 aromatic rings. The van der Waals surface area contributed by atoms with Crippen molar-refractivity contribution in [1.29, 1.82) is 0 Å². The Kier molecular flexibility index (Phi) is 17.0. The summed E-state index contributed by atoms with van der Waals surface area (Å²) in [4.78, 5) is 58.8. The maximum atomic E-state index is 10.4. The van der Waals surface area contributed by atoms with Gasteiger partial charge in [-0.3, -0.25) is 19.2 Å². The van der Waals surface area contributed by atoms with Crippen molar-refractivity contribution in [2.75, 3.05) is 6.61 Å². The molecule has 0 saturated carbocycles. The number of carbonyl (C=O) groups excluding carboxylic acids is 2. The summed E-state index contributed by atoms with van der Waals surface area (Å²) in [5.41, 5.74) is -2.71. The molecule has 1 atom stereocenters. The van der Waals surface area contributed by atoms with E-state index >= 15 is 0 Å². The zero-order chi connectivity index (χ0) is 21.7. The summed E-state index contributed by atoms with van der Waals surface area (Å²) in [6.45, 7) is 1.38. The summed E-state index contributed by atoms with van der Waals surface area (Å²) >= 11 is 0. The van der Waals surface area contributed by atoms with Crippen molar-refractivity contribution in [3.8, 4) is 0 Å². The quantitative estimate of drug-likeness (QED) is 0.117. The van der Waals surface area contributed by atoms with Gasteiger partial charge in [0.2, 0.25) is 0 Å². The minimum atomic E-state index is -3.41. The Morgan fingerprint density at radius 3 is 1.33 bits per heavy atom. The maximum absolute atomic E-state index is 10.4. The first-order valence-corrected chi connectivity index (χ1v) is 5.94. The Morgan fingerprint density at radius 2 is 1.26 bits per heavy atom. The second kappa shape index (κ2) is 14.4. The normalized spacial score (nSPS) is 11.4.